The molecule has 3 rings (SSSR count). The number of benzene rings is 1. The smallest absolute Gasteiger partial charge is 0.243 e. The predicted octanol–water partition coefficient (Wildman–Crippen LogP) is 2.35. The van der Waals surface area contributed by atoms with Gasteiger partial charge in [0.25, 0.3) is 0 Å². The van der Waals surface area contributed by atoms with Crippen molar-refractivity contribution in [3.8, 4) is 0 Å². The second kappa shape index (κ2) is 7.66. The molecule has 8 heteroatoms. The van der Waals surface area contributed by atoms with Gasteiger partial charge in [-0.2, -0.15) is 4.31 Å². The first-order valence-corrected chi connectivity index (χ1v) is 10.1. The maximum Gasteiger partial charge on any atom is 0.243 e. The van der Waals surface area contributed by atoms with Crippen LogP contribution in [0.1, 0.15) is 19.3 Å². The lowest BCUT2D eigenvalue weighted by atomic mass is 10.2. The molecule has 2 saturated heterocycles. The molecule has 1 atom stereocenters. The van der Waals surface area contributed by atoms with Crippen molar-refractivity contribution < 1.29 is 17.5 Å². The highest BCUT2D eigenvalue weighted by Gasteiger charge is 2.28. The van der Waals surface area contributed by atoms with E-state index in [1.54, 1.807) is 0 Å². The molecule has 0 radical (unpaired) electrons. The molecule has 2 fully saturated rings. The molecular weight excluding hydrogens is 355 g/mol. The zero-order valence-corrected chi connectivity index (χ0v) is 15.0. The molecule has 0 amide bonds. The van der Waals surface area contributed by atoms with E-state index in [4.69, 9.17) is 16.3 Å². The van der Waals surface area contributed by atoms with Crippen molar-refractivity contribution in [1.29, 1.82) is 0 Å². The third kappa shape index (κ3) is 4.08. The summed E-state index contributed by atoms with van der Waals surface area (Å²) in [5.41, 5.74) is 0. The average Bonchev–Trinajstić information content (AvgIpc) is 2.93. The SMILES string of the molecule is O=S(=O)(c1ccc(F)c(Cl)c1)N1CCCN(C[C@H]2CCCO2)CC1. The van der Waals surface area contributed by atoms with Gasteiger partial charge in [0.2, 0.25) is 10.0 Å². The van der Waals surface area contributed by atoms with Gasteiger partial charge in [-0.05, 0) is 44.0 Å². The Morgan fingerprint density at radius 3 is 2.75 bits per heavy atom. The molecule has 0 spiro atoms. The minimum absolute atomic E-state index is 0.0430. The van der Waals surface area contributed by atoms with Gasteiger partial charge in [-0.3, -0.25) is 4.90 Å². The zero-order chi connectivity index (χ0) is 17.2. The third-order valence-corrected chi connectivity index (χ3v) is 6.75. The van der Waals surface area contributed by atoms with Crippen LogP contribution in [0.3, 0.4) is 0 Å². The molecule has 0 aliphatic carbocycles. The third-order valence-electron chi connectivity index (χ3n) is 4.56. The van der Waals surface area contributed by atoms with Gasteiger partial charge in [0.15, 0.2) is 0 Å². The number of nitrogens with zero attached hydrogens (tertiary/aromatic N) is 2. The number of rotatable bonds is 4. The summed E-state index contributed by atoms with van der Waals surface area (Å²) >= 11 is 5.73. The van der Waals surface area contributed by atoms with Crippen molar-refractivity contribution in [2.75, 3.05) is 39.3 Å². The summed E-state index contributed by atoms with van der Waals surface area (Å²) < 4.78 is 45.9. The molecular formula is C16H22ClFN2O3S. The molecule has 0 bridgehead atoms. The van der Waals surface area contributed by atoms with Gasteiger partial charge in [-0.15, -0.1) is 0 Å². The van der Waals surface area contributed by atoms with E-state index < -0.39 is 15.8 Å². The van der Waals surface area contributed by atoms with Crippen LogP contribution >= 0.6 is 11.6 Å². The van der Waals surface area contributed by atoms with E-state index in [-0.39, 0.29) is 16.0 Å². The van der Waals surface area contributed by atoms with Crippen molar-refractivity contribution >= 4 is 21.6 Å². The van der Waals surface area contributed by atoms with Gasteiger partial charge in [0.1, 0.15) is 5.82 Å². The fourth-order valence-corrected chi connectivity index (χ4v) is 4.97. The van der Waals surface area contributed by atoms with Crippen molar-refractivity contribution in [3.05, 3.63) is 29.0 Å². The van der Waals surface area contributed by atoms with Crippen LogP contribution in [0.5, 0.6) is 0 Å². The molecule has 2 aliphatic heterocycles. The maximum atomic E-state index is 13.3. The van der Waals surface area contributed by atoms with Gasteiger partial charge in [0, 0.05) is 32.8 Å². The summed E-state index contributed by atoms with van der Waals surface area (Å²) in [4.78, 5) is 2.31. The maximum absolute atomic E-state index is 13.3. The normalized spacial score (nSPS) is 24.2. The van der Waals surface area contributed by atoms with Gasteiger partial charge in [0.05, 0.1) is 16.0 Å². The minimum Gasteiger partial charge on any atom is -0.377 e. The number of hydrogen-bond donors (Lipinski definition) is 0. The van der Waals surface area contributed by atoms with E-state index in [0.29, 0.717) is 19.6 Å². The van der Waals surface area contributed by atoms with Crippen LogP contribution < -0.4 is 0 Å². The second-order valence-corrected chi connectivity index (χ2v) is 8.61. The summed E-state index contributed by atoms with van der Waals surface area (Å²) in [6.07, 6.45) is 3.21. The van der Waals surface area contributed by atoms with Crippen LogP contribution in [0.25, 0.3) is 0 Å². The molecule has 2 aliphatic rings. The Morgan fingerprint density at radius 2 is 2.04 bits per heavy atom. The fourth-order valence-electron chi connectivity index (χ4n) is 3.23. The Bertz CT molecular complexity index is 680. The van der Waals surface area contributed by atoms with Gasteiger partial charge in [-0.25, -0.2) is 12.8 Å². The lowest BCUT2D eigenvalue weighted by molar-refractivity contribution is 0.0749. The Labute approximate surface area is 147 Å². The van der Waals surface area contributed by atoms with Crippen molar-refractivity contribution in [1.82, 2.24) is 9.21 Å². The molecule has 1 aromatic rings. The van der Waals surface area contributed by atoms with Crippen LogP contribution in [0.15, 0.2) is 23.1 Å². The van der Waals surface area contributed by atoms with Crippen LogP contribution in [0, 0.1) is 5.82 Å². The van der Waals surface area contributed by atoms with Crippen LogP contribution in [-0.2, 0) is 14.8 Å². The first-order valence-electron chi connectivity index (χ1n) is 8.26. The molecule has 0 unspecified atom stereocenters. The van der Waals surface area contributed by atoms with E-state index in [0.717, 1.165) is 45.0 Å². The van der Waals surface area contributed by atoms with Crippen LogP contribution in [0.2, 0.25) is 5.02 Å². The largest absolute Gasteiger partial charge is 0.377 e. The fraction of sp³-hybridized carbons (Fsp3) is 0.625. The topological polar surface area (TPSA) is 49.9 Å². The minimum atomic E-state index is -3.65. The molecule has 0 aromatic heterocycles. The van der Waals surface area contributed by atoms with Crippen molar-refractivity contribution in [2.45, 2.75) is 30.3 Å². The highest BCUT2D eigenvalue weighted by Crippen LogP contribution is 2.23. The molecule has 0 saturated carbocycles. The van der Waals surface area contributed by atoms with Crippen molar-refractivity contribution in [3.63, 3.8) is 0 Å². The quantitative estimate of drug-likeness (QED) is 0.809. The van der Waals surface area contributed by atoms with E-state index in [1.165, 1.54) is 16.4 Å². The van der Waals surface area contributed by atoms with Gasteiger partial charge in [-0.1, -0.05) is 11.6 Å². The van der Waals surface area contributed by atoms with Crippen LogP contribution in [-0.4, -0.2) is 63.1 Å². The molecule has 1 aromatic carbocycles. The highest BCUT2D eigenvalue weighted by atomic mass is 35.5. The predicted molar refractivity (Wildman–Crippen MR) is 90.2 cm³/mol. The standard InChI is InChI=1S/C16H22ClFN2O3S/c17-15-11-14(4-5-16(15)18)24(21,22)20-7-2-6-19(8-9-20)12-13-3-1-10-23-13/h4-5,11,13H,1-3,6-10,12H2/t13-/m1/s1. The van der Waals surface area contributed by atoms with Gasteiger partial charge < -0.3 is 4.74 Å². The number of halogens is 2. The van der Waals surface area contributed by atoms with Crippen LogP contribution in [0.4, 0.5) is 4.39 Å². The summed E-state index contributed by atoms with van der Waals surface area (Å²) in [5.74, 6) is -0.616. The Kier molecular flexibility index (Phi) is 5.77. The lowest BCUT2D eigenvalue weighted by Gasteiger charge is -2.24. The summed E-state index contributed by atoms with van der Waals surface area (Å²) in [6.45, 7) is 4.09. The highest BCUT2D eigenvalue weighted by molar-refractivity contribution is 7.89. The lowest BCUT2D eigenvalue weighted by Crippen LogP contribution is -2.37. The zero-order valence-electron chi connectivity index (χ0n) is 13.5. The Hall–Kier alpha value is -0.730. The molecule has 5 nitrogen and oxygen atoms in total. The van der Waals surface area contributed by atoms with E-state index in [1.807, 2.05) is 0 Å². The first kappa shape index (κ1) is 18.1. The molecule has 134 valence electrons. The monoisotopic (exact) mass is 376 g/mol. The van der Waals surface area contributed by atoms with E-state index in [2.05, 4.69) is 4.90 Å². The molecule has 2 heterocycles. The summed E-state index contributed by atoms with van der Waals surface area (Å²) in [7, 11) is -3.65. The van der Waals surface area contributed by atoms with Gasteiger partial charge >= 0.3 is 0 Å². The number of hydrogen-bond acceptors (Lipinski definition) is 4. The number of sulfonamides is 1. The summed E-state index contributed by atoms with van der Waals surface area (Å²) in [6, 6.07) is 3.55. The Balaban J connectivity index is 1.66. The molecule has 0 N–H and O–H groups in total. The number of ether oxygens (including phenoxy) is 1. The van der Waals surface area contributed by atoms with Crippen molar-refractivity contribution in [2.24, 2.45) is 0 Å². The Morgan fingerprint density at radius 1 is 1.21 bits per heavy atom. The van der Waals surface area contributed by atoms with E-state index in [9.17, 15) is 12.8 Å². The first-order chi connectivity index (χ1) is 11.5. The second-order valence-electron chi connectivity index (χ2n) is 6.27. The molecule has 24 heavy (non-hydrogen) atoms. The summed E-state index contributed by atoms with van der Waals surface area (Å²) in [5, 5.41) is -0.175. The van der Waals surface area contributed by atoms with E-state index >= 15 is 0 Å². The average molecular weight is 377 g/mol.